The first-order chi connectivity index (χ1) is 9.20. The third-order valence-corrected chi connectivity index (χ3v) is 4.45. The molecular weight excluding hydrogens is 261 g/mol. The Morgan fingerprint density at radius 1 is 1.37 bits per heavy atom. The minimum absolute atomic E-state index is 0.179. The van der Waals surface area contributed by atoms with E-state index in [9.17, 15) is 4.39 Å². The molecule has 3 heteroatoms. The van der Waals surface area contributed by atoms with E-state index < -0.39 is 0 Å². The Morgan fingerprint density at radius 2 is 2.11 bits per heavy atom. The summed E-state index contributed by atoms with van der Waals surface area (Å²) in [4.78, 5) is 0. The van der Waals surface area contributed by atoms with Crippen molar-refractivity contribution in [2.45, 2.75) is 51.5 Å². The van der Waals surface area contributed by atoms with Crippen molar-refractivity contribution in [1.29, 1.82) is 0 Å². The van der Waals surface area contributed by atoms with Crippen molar-refractivity contribution in [3.05, 3.63) is 34.6 Å². The van der Waals surface area contributed by atoms with Gasteiger partial charge < -0.3 is 5.32 Å². The van der Waals surface area contributed by atoms with Crippen LogP contribution >= 0.6 is 11.6 Å². The maximum Gasteiger partial charge on any atom is 0.127 e. The third kappa shape index (κ3) is 4.19. The Balaban J connectivity index is 2.02. The monoisotopic (exact) mass is 283 g/mol. The fourth-order valence-corrected chi connectivity index (χ4v) is 3.39. The molecule has 19 heavy (non-hydrogen) atoms. The number of benzene rings is 1. The number of likely N-dealkylation sites (N-methyl/N-ethyl adjacent to an activating group) is 1. The van der Waals surface area contributed by atoms with Crippen LogP contribution < -0.4 is 5.32 Å². The minimum atomic E-state index is -0.179. The number of hydrogen-bond acceptors (Lipinski definition) is 1. The molecule has 1 N–H and O–H groups in total. The molecule has 0 radical (unpaired) electrons. The van der Waals surface area contributed by atoms with Gasteiger partial charge in [-0.15, -0.1) is 0 Å². The molecule has 0 spiro atoms. The maximum atomic E-state index is 13.9. The highest BCUT2D eigenvalue weighted by atomic mass is 35.5. The van der Waals surface area contributed by atoms with Crippen LogP contribution in [0.2, 0.25) is 5.02 Å². The molecule has 1 aromatic carbocycles. The second kappa shape index (κ2) is 7.25. The highest BCUT2D eigenvalue weighted by Gasteiger charge is 2.21. The molecule has 1 atom stereocenters. The van der Waals surface area contributed by atoms with Crippen LogP contribution in [0.15, 0.2) is 18.2 Å². The Bertz CT molecular complexity index is 381. The lowest BCUT2D eigenvalue weighted by Gasteiger charge is -2.22. The van der Waals surface area contributed by atoms with E-state index in [4.69, 9.17) is 11.6 Å². The average Bonchev–Trinajstić information content (AvgIpc) is 2.87. The number of hydrogen-bond donors (Lipinski definition) is 1. The predicted molar refractivity (Wildman–Crippen MR) is 79.2 cm³/mol. The van der Waals surface area contributed by atoms with Crippen LogP contribution in [0.25, 0.3) is 0 Å². The van der Waals surface area contributed by atoms with Crippen molar-refractivity contribution in [2.24, 2.45) is 5.92 Å². The Morgan fingerprint density at radius 3 is 2.74 bits per heavy atom. The average molecular weight is 284 g/mol. The second-order valence-corrected chi connectivity index (χ2v) is 5.95. The van der Waals surface area contributed by atoms with Gasteiger partial charge in [0.2, 0.25) is 0 Å². The van der Waals surface area contributed by atoms with Crippen molar-refractivity contribution in [2.75, 3.05) is 6.54 Å². The van der Waals surface area contributed by atoms with Gasteiger partial charge in [0, 0.05) is 16.6 Å². The van der Waals surface area contributed by atoms with E-state index in [2.05, 4.69) is 12.2 Å². The van der Waals surface area contributed by atoms with Crippen molar-refractivity contribution < 1.29 is 4.39 Å². The zero-order valence-electron chi connectivity index (χ0n) is 11.6. The normalized spacial score (nSPS) is 17.8. The van der Waals surface area contributed by atoms with E-state index in [1.54, 1.807) is 12.1 Å². The summed E-state index contributed by atoms with van der Waals surface area (Å²) in [6.07, 6.45) is 7.18. The highest BCUT2D eigenvalue weighted by Crippen LogP contribution is 2.30. The summed E-state index contributed by atoms with van der Waals surface area (Å²) < 4.78 is 13.9. The standard InChI is InChI=1S/C16H23ClFN/c1-2-19-13(10-12-6-3-4-7-12)11-14-15(17)8-5-9-16(14)18/h5,8-9,12-13,19H,2-4,6-7,10-11H2,1H3. The van der Waals surface area contributed by atoms with E-state index >= 15 is 0 Å². The summed E-state index contributed by atoms with van der Waals surface area (Å²) in [6.45, 7) is 3.02. The van der Waals surface area contributed by atoms with Crippen LogP contribution in [0.1, 0.15) is 44.6 Å². The molecule has 0 saturated heterocycles. The van der Waals surface area contributed by atoms with Gasteiger partial charge in [-0.2, -0.15) is 0 Å². The van der Waals surface area contributed by atoms with Crippen molar-refractivity contribution in [3.63, 3.8) is 0 Å². The van der Waals surface area contributed by atoms with Gasteiger partial charge in [-0.25, -0.2) is 4.39 Å². The SMILES string of the molecule is CCNC(Cc1c(F)cccc1Cl)CC1CCCC1. The van der Waals surface area contributed by atoms with Gasteiger partial charge in [-0.3, -0.25) is 0 Å². The summed E-state index contributed by atoms with van der Waals surface area (Å²) in [7, 11) is 0. The maximum absolute atomic E-state index is 13.9. The first-order valence-corrected chi connectivity index (χ1v) is 7.74. The lowest BCUT2D eigenvalue weighted by Crippen LogP contribution is -2.33. The van der Waals surface area contributed by atoms with E-state index in [1.165, 1.54) is 31.7 Å². The molecule has 1 aliphatic rings. The van der Waals surface area contributed by atoms with Crippen LogP contribution in [-0.2, 0) is 6.42 Å². The molecule has 1 saturated carbocycles. The minimum Gasteiger partial charge on any atom is -0.314 e. The number of halogens is 2. The molecule has 0 bridgehead atoms. The van der Waals surface area contributed by atoms with Crippen molar-refractivity contribution in [1.82, 2.24) is 5.32 Å². The Hall–Kier alpha value is -0.600. The fourth-order valence-electron chi connectivity index (χ4n) is 3.15. The fraction of sp³-hybridized carbons (Fsp3) is 0.625. The van der Waals surface area contributed by atoms with Crippen LogP contribution in [0.4, 0.5) is 4.39 Å². The molecule has 0 heterocycles. The molecule has 1 aromatic rings. The summed E-state index contributed by atoms with van der Waals surface area (Å²) in [5, 5.41) is 4.04. The lowest BCUT2D eigenvalue weighted by molar-refractivity contribution is 0.387. The van der Waals surface area contributed by atoms with E-state index in [1.807, 2.05) is 0 Å². The summed E-state index contributed by atoms with van der Waals surface area (Å²) in [5.41, 5.74) is 0.660. The first-order valence-electron chi connectivity index (χ1n) is 7.37. The zero-order chi connectivity index (χ0) is 13.7. The Labute approximate surface area is 120 Å². The second-order valence-electron chi connectivity index (χ2n) is 5.55. The zero-order valence-corrected chi connectivity index (χ0v) is 12.3. The van der Waals surface area contributed by atoms with Crippen molar-refractivity contribution >= 4 is 11.6 Å². The van der Waals surface area contributed by atoms with Gasteiger partial charge in [0.05, 0.1) is 0 Å². The molecule has 2 rings (SSSR count). The number of nitrogens with one attached hydrogen (secondary N) is 1. The lowest BCUT2D eigenvalue weighted by atomic mass is 9.93. The van der Waals surface area contributed by atoms with Crippen LogP contribution in [-0.4, -0.2) is 12.6 Å². The van der Waals surface area contributed by atoms with Gasteiger partial charge in [-0.05, 0) is 37.4 Å². The quantitative estimate of drug-likeness (QED) is 0.806. The van der Waals surface area contributed by atoms with Gasteiger partial charge >= 0.3 is 0 Å². The molecule has 1 fully saturated rings. The highest BCUT2D eigenvalue weighted by molar-refractivity contribution is 6.31. The van der Waals surface area contributed by atoms with Gasteiger partial charge in [0.1, 0.15) is 5.82 Å². The molecule has 0 amide bonds. The molecule has 106 valence electrons. The smallest absolute Gasteiger partial charge is 0.127 e. The summed E-state index contributed by atoms with van der Waals surface area (Å²) in [6, 6.07) is 5.28. The summed E-state index contributed by atoms with van der Waals surface area (Å²) >= 11 is 6.12. The molecule has 0 aromatic heterocycles. The predicted octanol–water partition coefficient (Wildman–Crippen LogP) is 4.58. The first kappa shape index (κ1) is 14.8. The van der Waals surface area contributed by atoms with E-state index in [-0.39, 0.29) is 5.82 Å². The summed E-state index contributed by atoms with van der Waals surface area (Å²) in [5.74, 6) is 0.622. The van der Waals surface area contributed by atoms with E-state index in [0.717, 1.165) is 18.9 Å². The molecule has 1 nitrogen and oxygen atoms in total. The topological polar surface area (TPSA) is 12.0 Å². The molecular formula is C16H23ClFN. The third-order valence-electron chi connectivity index (χ3n) is 4.10. The van der Waals surface area contributed by atoms with Crippen molar-refractivity contribution in [3.8, 4) is 0 Å². The van der Waals surface area contributed by atoms with Gasteiger partial charge in [0.25, 0.3) is 0 Å². The Kier molecular flexibility index (Phi) is 5.65. The van der Waals surface area contributed by atoms with Gasteiger partial charge in [0.15, 0.2) is 0 Å². The van der Waals surface area contributed by atoms with E-state index in [0.29, 0.717) is 23.0 Å². The van der Waals surface area contributed by atoms with Crippen LogP contribution in [0.5, 0.6) is 0 Å². The largest absolute Gasteiger partial charge is 0.314 e. The van der Waals surface area contributed by atoms with Crippen LogP contribution in [0, 0.1) is 11.7 Å². The molecule has 0 aliphatic heterocycles. The molecule has 1 unspecified atom stereocenters. The van der Waals surface area contributed by atoms with Crippen LogP contribution in [0.3, 0.4) is 0 Å². The number of rotatable bonds is 6. The molecule has 1 aliphatic carbocycles. The van der Waals surface area contributed by atoms with Gasteiger partial charge in [-0.1, -0.05) is 50.3 Å².